The second-order valence-electron chi connectivity index (χ2n) is 2.27. The zero-order chi connectivity index (χ0) is 10.1. The van der Waals surface area contributed by atoms with Gasteiger partial charge in [0.05, 0.1) is 0 Å². The number of pyridine rings is 1. The summed E-state index contributed by atoms with van der Waals surface area (Å²) < 4.78 is 36.7. The van der Waals surface area contributed by atoms with Crippen molar-refractivity contribution in [3.05, 3.63) is 22.3 Å². The first-order valence-electron chi connectivity index (χ1n) is 3.36. The number of anilines is 1. The summed E-state index contributed by atoms with van der Waals surface area (Å²) in [4.78, 5) is 3.38. The van der Waals surface area contributed by atoms with E-state index in [4.69, 9.17) is 0 Å². The fourth-order valence-corrected chi connectivity index (χ4v) is 1.23. The molecule has 0 amide bonds. The molecule has 0 aliphatic carbocycles. The molecule has 0 aliphatic heterocycles. The minimum atomic E-state index is -4.42. The van der Waals surface area contributed by atoms with Crippen LogP contribution in [0.1, 0.15) is 5.69 Å². The molecule has 0 aromatic carbocycles. The van der Waals surface area contributed by atoms with Crippen LogP contribution < -0.4 is 5.32 Å². The third-order valence-corrected chi connectivity index (χ3v) is 2.01. The summed E-state index contributed by atoms with van der Waals surface area (Å²) in [7, 11) is 1.51. The van der Waals surface area contributed by atoms with Crippen LogP contribution in [0.15, 0.2) is 16.6 Å². The van der Waals surface area contributed by atoms with Crippen molar-refractivity contribution in [1.82, 2.24) is 4.98 Å². The summed E-state index contributed by atoms with van der Waals surface area (Å²) in [5, 5.41) is 2.53. The first-order valence-corrected chi connectivity index (χ1v) is 4.16. The monoisotopic (exact) mass is 254 g/mol. The van der Waals surface area contributed by atoms with Crippen molar-refractivity contribution in [3.63, 3.8) is 0 Å². The molecule has 0 aliphatic rings. The molecule has 0 atom stereocenters. The Balaban J connectivity index is 3.19. The molecule has 0 saturated carbocycles. The fraction of sp³-hybridized carbons (Fsp3) is 0.286. The van der Waals surface area contributed by atoms with Gasteiger partial charge in [-0.25, -0.2) is 4.98 Å². The lowest BCUT2D eigenvalue weighted by molar-refractivity contribution is -0.141. The fourth-order valence-electron chi connectivity index (χ4n) is 0.780. The van der Waals surface area contributed by atoms with E-state index in [2.05, 4.69) is 26.2 Å². The Morgan fingerprint density at radius 3 is 2.46 bits per heavy atom. The molecule has 1 aromatic heterocycles. The van der Waals surface area contributed by atoms with Crippen LogP contribution in [0.25, 0.3) is 0 Å². The van der Waals surface area contributed by atoms with Gasteiger partial charge in [0.2, 0.25) is 0 Å². The van der Waals surface area contributed by atoms with Crippen LogP contribution in [0.3, 0.4) is 0 Å². The highest BCUT2D eigenvalue weighted by molar-refractivity contribution is 9.10. The van der Waals surface area contributed by atoms with Crippen molar-refractivity contribution in [2.24, 2.45) is 0 Å². The summed E-state index contributed by atoms with van der Waals surface area (Å²) in [5.74, 6) is 0.190. The van der Waals surface area contributed by atoms with Crippen molar-refractivity contribution < 1.29 is 13.2 Å². The van der Waals surface area contributed by atoms with Gasteiger partial charge >= 0.3 is 6.18 Å². The number of nitrogens with one attached hydrogen (secondary N) is 1. The Labute approximate surface area is 81.3 Å². The van der Waals surface area contributed by atoms with Crippen LogP contribution in [0.4, 0.5) is 19.0 Å². The lowest BCUT2D eigenvalue weighted by Crippen LogP contribution is -2.10. The summed E-state index contributed by atoms with van der Waals surface area (Å²) >= 11 is 2.79. The van der Waals surface area contributed by atoms with Crippen LogP contribution in [0.5, 0.6) is 0 Å². The number of hydrogen-bond donors (Lipinski definition) is 1. The van der Waals surface area contributed by atoms with E-state index < -0.39 is 11.9 Å². The molecular formula is C7H6BrF3N2. The molecule has 0 radical (unpaired) electrons. The Kier molecular flexibility index (Phi) is 2.80. The Bertz CT molecular complexity index is 311. The van der Waals surface area contributed by atoms with Gasteiger partial charge < -0.3 is 5.32 Å². The summed E-state index contributed by atoms with van der Waals surface area (Å²) in [6.07, 6.45) is -4.42. The largest absolute Gasteiger partial charge is 0.434 e. The lowest BCUT2D eigenvalue weighted by Gasteiger charge is -2.09. The van der Waals surface area contributed by atoms with E-state index in [1.807, 2.05) is 0 Å². The minimum absolute atomic E-state index is 0.0565. The molecule has 1 rings (SSSR count). The molecule has 6 heteroatoms. The van der Waals surface area contributed by atoms with E-state index in [1.165, 1.54) is 19.2 Å². The second-order valence-corrected chi connectivity index (χ2v) is 3.13. The third kappa shape index (κ3) is 2.33. The average Bonchev–Trinajstić information content (AvgIpc) is 2.03. The summed E-state index contributed by atoms with van der Waals surface area (Å²) in [6.45, 7) is 0. The topological polar surface area (TPSA) is 24.9 Å². The maximum Gasteiger partial charge on any atom is 0.434 e. The Morgan fingerprint density at radius 1 is 1.38 bits per heavy atom. The summed E-state index contributed by atoms with van der Waals surface area (Å²) in [6, 6.07) is 2.76. The van der Waals surface area contributed by atoms with Crippen molar-refractivity contribution in [3.8, 4) is 0 Å². The number of nitrogens with zero attached hydrogens (tertiary/aromatic N) is 1. The maximum absolute atomic E-state index is 12.2. The van der Waals surface area contributed by atoms with Gasteiger partial charge in [0.25, 0.3) is 0 Å². The Morgan fingerprint density at radius 2 is 2.00 bits per heavy atom. The maximum atomic E-state index is 12.2. The van der Waals surface area contributed by atoms with Crippen LogP contribution in [-0.2, 0) is 6.18 Å². The van der Waals surface area contributed by atoms with Gasteiger partial charge in [-0.2, -0.15) is 13.2 Å². The molecule has 0 fully saturated rings. The van der Waals surface area contributed by atoms with Gasteiger partial charge in [0.15, 0.2) is 5.69 Å². The standard InChI is InChI=1S/C7H6BrF3N2/c1-12-5-3-2-4(8)6(13-5)7(9,10)11/h2-3H,1H3,(H,12,13). The molecule has 1 heterocycles. The normalized spacial score (nSPS) is 11.5. The highest BCUT2D eigenvalue weighted by Gasteiger charge is 2.35. The Hall–Kier alpha value is -0.780. The van der Waals surface area contributed by atoms with Gasteiger partial charge in [0, 0.05) is 11.5 Å². The quantitative estimate of drug-likeness (QED) is 0.834. The lowest BCUT2D eigenvalue weighted by atomic mass is 10.3. The summed E-state index contributed by atoms with van der Waals surface area (Å²) in [5.41, 5.74) is -0.917. The van der Waals surface area contributed by atoms with E-state index in [9.17, 15) is 13.2 Å². The molecule has 1 N–H and O–H groups in total. The number of rotatable bonds is 1. The van der Waals surface area contributed by atoms with E-state index in [1.54, 1.807) is 0 Å². The van der Waals surface area contributed by atoms with Crippen LogP contribution in [0, 0.1) is 0 Å². The minimum Gasteiger partial charge on any atom is -0.373 e. The van der Waals surface area contributed by atoms with E-state index in [0.29, 0.717) is 0 Å². The van der Waals surface area contributed by atoms with Gasteiger partial charge in [0.1, 0.15) is 5.82 Å². The van der Waals surface area contributed by atoms with Gasteiger partial charge in [-0.1, -0.05) is 0 Å². The molecule has 13 heavy (non-hydrogen) atoms. The van der Waals surface area contributed by atoms with Crippen LogP contribution in [-0.4, -0.2) is 12.0 Å². The third-order valence-electron chi connectivity index (χ3n) is 1.37. The molecule has 0 unspecified atom stereocenters. The molecular weight excluding hydrogens is 249 g/mol. The van der Waals surface area contributed by atoms with E-state index in [-0.39, 0.29) is 10.3 Å². The average molecular weight is 255 g/mol. The SMILES string of the molecule is CNc1ccc(Br)c(C(F)(F)F)n1. The van der Waals surface area contributed by atoms with Crippen LogP contribution in [0.2, 0.25) is 0 Å². The molecule has 0 bridgehead atoms. The first-order chi connectivity index (χ1) is 5.95. The van der Waals surface area contributed by atoms with Crippen molar-refractivity contribution in [2.75, 3.05) is 12.4 Å². The molecule has 2 nitrogen and oxygen atoms in total. The molecule has 1 aromatic rings. The number of hydrogen-bond acceptors (Lipinski definition) is 2. The van der Waals surface area contributed by atoms with Gasteiger partial charge in [-0.05, 0) is 28.1 Å². The predicted molar refractivity (Wildman–Crippen MR) is 46.5 cm³/mol. The molecule has 0 spiro atoms. The number of halogens is 4. The van der Waals surface area contributed by atoms with Gasteiger partial charge in [-0.3, -0.25) is 0 Å². The number of alkyl halides is 3. The van der Waals surface area contributed by atoms with Crippen LogP contribution >= 0.6 is 15.9 Å². The zero-order valence-corrected chi connectivity index (χ0v) is 8.20. The van der Waals surface area contributed by atoms with Crippen molar-refractivity contribution in [2.45, 2.75) is 6.18 Å². The van der Waals surface area contributed by atoms with E-state index in [0.717, 1.165) is 0 Å². The molecule has 0 saturated heterocycles. The highest BCUT2D eigenvalue weighted by atomic mass is 79.9. The van der Waals surface area contributed by atoms with Crippen molar-refractivity contribution >= 4 is 21.7 Å². The highest BCUT2D eigenvalue weighted by Crippen LogP contribution is 2.33. The zero-order valence-electron chi connectivity index (χ0n) is 6.61. The predicted octanol–water partition coefficient (Wildman–Crippen LogP) is 2.90. The molecule has 72 valence electrons. The second kappa shape index (κ2) is 3.53. The number of aromatic nitrogens is 1. The first kappa shape index (κ1) is 10.3. The van der Waals surface area contributed by atoms with Gasteiger partial charge in [-0.15, -0.1) is 0 Å². The van der Waals surface area contributed by atoms with Crippen molar-refractivity contribution in [1.29, 1.82) is 0 Å². The van der Waals surface area contributed by atoms with E-state index >= 15 is 0 Å². The smallest absolute Gasteiger partial charge is 0.373 e.